The van der Waals surface area contributed by atoms with Gasteiger partial charge in [0, 0.05) is 38.9 Å². The molecular formula is C51H82N16O12. The number of nitrogens with zero attached hydrogens (tertiary/aromatic N) is 2. The van der Waals surface area contributed by atoms with Crippen LogP contribution in [0.25, 0.3) is 0 Å². The van der Waals surface area contributed by atoms with E-state index in [1.165, 1.54) is 36.4 Å². The van der Waals surface area contributed by atoms with E-state index in [9.17, 15) is 53.4 Å². The zero-order chi connectivity index (χ0) is 58.9. The maximum atomic E-state index is 14.6. The number of carboxylic acid groups (broad SMARTS) is 1. The molecule has 0 radical (unpaired) electrons. The van der Waals surface area contributed by atoms with Crippen LogP contribution in [0.5, 0.6) is 11.5 Å². The van der Waals surface area contributed by atoms with Gasteiger partial charge in [-0.05, 0) is 119 Å². The van der Waals surface area contributed by atoms with Crippen molar-refractivity contribution in [3.8, 4) is 11.5 Å². The number of aliphatic carboxylic acids is 1. The lowest BCUT2D eigenvalue weighted by atomic mass is 10.00. The first-order chi connectivity index (χ1) is 37.5. The van der Waals surface area contributed by atoms with Crippen LogP contribution in [0.1, 0.15) is 102 Å². The summed E-state index contributed by atoms with van der Waals surface area (Å²) >= 11 is 0. The van der Waals surface area contributed by atoms with Crippen LogP contribution in [-0.4, -0.2) is 150 Å². The Balaban J connectivity index is 2.57. The summed E-state index contributed by atoms with van der Waals surface area (Å²) in [5, 5.41) is 49.8. The van der Waals surface area contributed by atoms with Gasteiger partial charge < -0.3 is 86.9 Å². The van der Waals surface area contributed by atoms with Crippen molar-refractivity contribution >= 4 is 65.3 Å². The Bertz CT molecular complexity index is 2350. The molecule has 0 bridgehead atoms. The third-order valence-corrected chi connectivity index (χ3v) is 11.9. The molecule has 0 aliphatic rings. The first kappa shape index (κ1) is 66.8. The molecule has 28 heteroatoms. The van der Waals surface area contributed by atoms with E-state index in [1.54, 1.807) is 26.0 Å². The van der Waals surface area contributed by atoms with Gasteiger partial charge in [-0.3, -0.25) is 53.7 Å². The van der Waals surface area contributed by atoms with E-state index in [1.807, 2.05) is 0 Å². The fraction of sp³-hybridized carbons (Fsp3) is 0.549. The van der Waals surface area contributed by atoms with Gasteiger partial charge in [-0.15, -0.1) is 0 Å². The Morgan fingerprint density at radius 2 is 0.949 bits per heavy atom. The number of hydrogen-bond acceptors (Lipinski definition) is 15. The van der Waals surface area contributed by atoms with Crippen molar-refractivity contribution in [3.05, 3.63) is 59.7 Å². The van der Waals surface area contributed by atoms with E-state index in [4.69, 9.17) is 39.5 Å². The van der Waals surface area contributed by atoms with E-state index in [0.29, 0.717) is 49.9 Å². The second-order valence-corrected chi connectivity index (χ2v) is 19.1. The van der Waals surface area contributed by atoms with Crippen LogP contribution >= 0.6 is 0 Å². The number of aliphatic imine (C=N–C) groups is 2. The van der Waals surface area contributed by atoms with Crippen molar-refractivity contribution in [1.29, 1.82) is 0 Å². The third kappa shape index (κ3) is 28.6. The Kier molecular flexibility index (Phi) is 31.1. The van der Waals surface area contributed by atoms with Gasteiger partial charge in [0.05, 0.1) is 6.42 Å². The number of aromatic hydroxyl groups is 2. The summed E-state index contributed by atoms with van der Waals surface area (Å²) in [5.41, 5.74) is 34.9. The number of unbranched alkanes of at least 4 members (excludes halogenated alkanes) is 2. The largest absolute Gasteiger partial charge is 0.508 e. The van der Waals surface area contributed by atoms with E-state index in [-0.39, 0.29) is 100 Å². The average molecular weight is 1110 g/mol. The normalized spacial score (nSPS) is 13.5. The van der Waals surface area contributed by atoms with Gasteiger partial charge >= 0.3 is 12.0 Å². The van der Waals surface area contributed by atoms with Gasteiger partial charge in [0.1, 0.15) is 47.8 Å². The molecule has 2 aromatic carbocycles. The number of nitrogens with one attached hydrogen (secondary N) is 8. The zero-order valence-electron chi connectivity index (χ0n) is 45.0. The summed E-state index contributed by atoms with van der Waals surface area (Å²) in [6.45, 7) is 4.58. The number of urea groups is 1. The molecule has 9 amide bonds. The minimum Gasteiger partial charge on any atom is -0.508 e. The smallest absolute Gasteiger partial charge is 0.321 e. The highest BCUT2D eigenvalue weighted by atomic mass is 16.4. The lowest BCUT2D eigenvalue weighted by molar-refractivity contribution is -0.139. The number of benzene rings is 2. The number of guanidine groups is 2. The van der Waals surface area contributed by atoms with Gasteiger partial charge in [0.2, 0.25) is 41.4 Å². The fourth-order valence-electron chi connectivity index (χ4n) is 7.69. The predicted molar refractivity (Wildman–Crippen MR) is 294 cm³/mol. The molecule has 2 aromatic rings. The summed E-state index contributed by atoms with van der Waals surface area (Å²) in [5.74, 6) is -7.89. The number of carboxylic acids is 1. The molecule has 0 heterocycles. The standard InChI is InChI=1S/C51H82N16O12/c1-30(2)27-39(47(77)62-36(10-7-25-58-49(55)56)45(75)64-38(43(54)73)28-31-12-16-33(68)17-13-31)65-46(76)37(11-8-26-59-50(57)67-51(79)60-24-6-5-23-53)63-48(78)40(29-32-14-18-34(69)19-15-32)66-44(74)35(9-3-4-22-52)61-41(70)20-21-42(71)72/h12-19,30,35-40,68-69H,3-11,20-29,52-53H2,1-2H3,(H2,54,73)(H,61,70)(H,62,77)(H,63,78)(H,64,75)(H,65,76)(H,66,74)(H,71,72)(H4,55,56,58)(H4,57,59,60,67,79)/t35-,36-,37-,38-,39-,40-/m0/s1. The van der Waals surface area contributed by atoms with Crippen molar-refractivity contribution in [3.63, 3.8) is 0 Å². The Morgan fingerprint density at radius 1 is 0.519 bits per heavy atom. The van der Waals surface area contributed by atoms with Crippen molar-refractivity contribution in [2.75, 3.05) is 32.7 Å². The number of carbonyl (C=O) groups is 9. The summed E-state index contributed by atoms with van der Waals surface area (Å²) in [6.07, 6.45) is 1.03. The van der Waals surface area contributed by atoms with E-state index < -0.39 is 102 Å². The average Bonchev–Trinajstić information content (AvgIpc) is 3.38. The van der Waals surface area contributed by atoms with Crippen LogP contribution in [0.2, 0.25) is 0 Å². The number of nitrogens with two attached hydrogens (primary N) is 6. The molecule has 0 fully saturated rings. The lowest BCUT2D eigenvalue weighted by Crippen LogP contribution is -2.60. The van der Waals surface area contributed by atoms with Crippen molar-refractivity contribution in [1.82, 2.24) is 42.5 Å². The van der Waals surface area contributed by atoms with Crippen molar-refractivity contribution < 1.29 is 58.5 Å². The maximum absolute atomic E-state index is 14.6. The van der Waals surface area contributed by atoms with Crippen LogP contribution in [0, 0.1) is 5.92 Å². The second kappa shape index (κ2) is 36.7. The molecule has 23 N–H and O–H groups in total. The molecule has 0 saturated heterocycles. The molecular weight excluding hydrogens is 1030 g/mol. The first-order valence-corrected chi connectivity index (χ1v) is 26.2. The monoisotopic (exact) mass is 1110 g/mol. The van der Waals surface area contributed by atoms with Crippen LogP contribution in [-0.2, 0) is 51.2 Å². The zero-order valence-corrected chi connectivity index (χ0v) is 45.0. The highest BCUT2D eigenvalue weighted by molar-refractivity contribution is 5.98. The highest BCUT2D eigenvalue weighted by Crippen LogP contribution is 2.15. The number of phenols is 2. The second-order valence-electron chi connectivity index (χ2n) is 19.1. The van der Waals surface area contributed by atoms with Gasteiger partial charge in [-0.25, -0.2) is 4.79 Å². The Labute approximate surface area is 459 Å². The summed E-state index contributed by atoms with van der Waals surface area (Å²) in [4.78, 5) is 129. The van der Waals surface area contributed by atoms with Crippen molar-refractivity contribution in [2.24, 2.45) is 50.3 Å². The maximum Gasteiger partial charge on any atom is 0.321 e. The summed E-state index contributed by atoms with van der Waals surface area (Å²) < 4.78 is 0. The summed E-state index contributed by atoms with van der Waals surface area (Å²) in [6, 6.07) is 2.90. The van der Waals surface area contributed by atoms with Crippen LogP contribution in [0.15, 0.2) is 58.5 Å². The van der Waals surface area contributed by atoms with Gasteiger partial charge in [-0.1, -0.05) is 38.1 Å². The molecule has 79 heavy (non-hydrogen) atoms. The quantitative estimate of drug-likeness (QED) is 0.0189. The topological polar surface area (TPSA) is 491 Å². The molecule has 6 atom stereocenters. The molecule has 0 unspecified atom stereocenters. The van der Waals surface area contributed by atoms with Gasteiger partial charge in [-0.2, -0.15) is 0 Å². The van der Waals surface area contributed by atoms with Crippen LogP contribution < -0.4 is 76.9 Å². The van der Waals surface area contributed by atoms with E-state index >= 15 is 0 Å². The number of rotatable bonds is 37. The molecule has 0 aliphatic carbocycles. The molecule has 2 rings (SSSR count). The molecule has 438 valence electrons. The minimum atomic E-state index is -1.46. The number of amides is 9. The number of hydrogen-bond donors (Lipinski definition) is 17. The lowest BCUT2D eigenvalue weighted by Gasteiger charge is -2.28. The molecule has 28 nitrogen and oxygen atoms in total. The molecule has 0 aromatic heterocycles. The third-order valence-electron chi connectivity index (χ3n) is 11.9. The first-order valence-electron chi connectivity index (χ1n) is 26.2. The van der Waals surface area contributed by atoms with Crippen LogP contribution in [0.3, 0.4) is 0 Å². The van der Waals surface area contributed by atoms with Gasteiger partial charge in [0.15, 0.2) is 11.9 Å². The van der Waals surface area contributed by atoms with E-state index in [2.05, 4.69) is 52.5 Å². The van der Waals surface area contributed by atoms with E-state index in [0.717, 1.165) is 0 Å². The van der Waals surface area contributed by atoms with Crippen LogP contribution in [0.4, 0.5) is 4.79 Å². The van der Waals surface area contributed by atoms with Crippen molar-refractivity contribution in [2.45, 2.75) is 140 Å². The number of carbonyl (C=O) groups excluding carboxylic acids is 8. The molecule has 0 spiro atoms. The molecule has 0 saturated carbocycles. The number of phenolic OH excluding ortho intramolecular Hbond substituents is 2. The SMILES string of the molecule is CC(C)C[C@H](NC(=O)[C@H](CCCN=C(N)NC(=O)NCCCCN)NC(=O)[C@H](Cc1ccc(O)cc1)NC(=O)[C@H](CCCCN)NC(=O)CCC(=O)O)C(=O)N[C@@H](CCCN=C(N)N)C(=O)N[C@@H](Cc1ccc(O)cc1)C(N)=O. The molecule has 0 aliphatic heterocycles. The summed E-state index contributed by atoms with van der Waals surface area (Å²) in [7, 11) is 0. The minimum absolute atomic E-state index is 0.00932. The Hall–Kier alpha value is -8.27. The Morgan fingerprint density at radius 3 is 1.44 bits per heavy atom. The van der Waals surface area contributed by atoms with Gasteiger partial charge in [0.25, 0.3) is 0 Å². The predicted octanol–water partition coefficient (Wildman–Crippen LogP) is -2.50. The fourth-order valence-corrected chi connectivity index (χ4v) is 7.69. The number of primary amides is 1. The highest BCUT2D eigenvalue weighted by Gasteiger charge is 2.34.